The molecule has 38 heavy (non-hydrogen) atoms. The summed E-state index contributed by atoms with van der Waals surface area (Å²) in [6.07, 6.45) is 1.68. The average Bonchev–Trinajstić information content (AvgIpc) is 3.36. The summed E-state index contributed by atoms with van der Waals surface area (Å²) < 4.78 is 18.9. The average molecular weight is 509 g/mol. The Labute approximate surface area is 221 Å². The third-order valence-corrected chi connectivity index (χ3v) is 6.75. The summed E-state index contributed by atoms with van der Waals surface area (Å²) in [5.74, 6) is 0.706. The quantitative estimate of drug-likeness (QED) is 0.306. The maximum Gasteiger partial charge on any atom is 0.247 e. The van der Waals surface area contributed by atoms with Crippen molar-refractivity contribution in [2.45, 2.75) is 25.3 Å². The molecule has 192 valence electrons. The molecule has 1 N–H and O–H groups in total. The number of rotatable bonds is 8. The molecule has 0 radical (unpaired) electrons. The number of nitrogens with zero attached hydrogens (tertiary/aromatic N) is 1. The van der Waals surface area contributed by atoms with E-state index in [0.29, 0.717) is 30.2 Å². The summed E-state index contributed by atoms with van der Waals surface area (Å²) in [7, 11) is 0. The minimum atomic E-state index is -0.546. The Kier molecular flexibility index (Phi) is 7.78. The monoisotopic (exact) mass is 508 g/mol. The van der Waals surface area contributed by atoms with Gasteiger partial charge < -0.3 is 15.0 Å². The van der Waals surface area contributed by atoms with Crippen LogP contribution in [-0.4, -0.2) is 29.3 Å². The molecular formula is C32H29FN2O3. The lowest BCUT2D eigenvalue weighted by molar-refractivity contribution is -0.136. The molecular weight excluding hydrogens is 479 g/mol. The Balaban J connectivity index is 1.27. The van der Waals surface area contributed by atoms with Crippen molar-refractivity contribution in [2.75, 3.05) is 11.9 Å². The van der Waals surface area contributed by atoms with Crippen molar-refractivity contribution in [3.05, 3.63) is 126 Å². The first-order valence-corrected chi connectivity index (χ1v) is 12.7. The third-order valence-electron chi connectivity index (χ3n) is 6.75. The van der Waals surface area contributed by atoms with Crippen molar-refractivity contribution >= 4 is 17.5 Å². The summed E-state index contributed by atoms with van der Waals surface area (Å²) in [5.41, 5.74) is 2.74. The molecule has 0 aliphatic carbocycles. The van der Waals surface area contributed by atoms with E-state index < -0.39 is 6.04 Å². The van der Waals surface area contributed by atoms with Gasteiger partial charge in [0.05, 0.1) is 6.42 Å². The second-order valence-corrected chi connectivity index (χ2v) is 9.59. The van der Waals surface area contributed by atoms with Crippen LogP contribution in [0.25, 0.3) is 0 Å². The van der Waals surface area contributed by atoms with Gasteiger partial charge in [0, 0.05) is 12.2 Å². The molecule has 0 saturated carbocycles. The van der Waals surface area contributed by atoms with Crippen LogP contribution in [-0.2, 0) is 22.4 Å². The van der Waals surface area contributed by atoms with Crippen LogP contribution in [0.2, 0.25) is 0 Å². The fraction of sp³-hybridized carbons (Fsp3) is 0.188. The second-order valence-electron chi connectivity index (χ2n) is 9.59. The maximum atomic E-state index is 13.4. The van der Waals surface area contributed by atoms with Gasteiger partial charge in [0.1, 0.15) is 23.4 Å². The third kappa shape index (κ3) is 6.45. The molecule has 1 aliphatic rings. The van der Waals surface area contributed by atoms with Gasteiger partial charge in [0.25, 0.3) is 0 Å². The molecule has 0 aromatic heterocycles. The summed E-state index contributed by atoms with van der Waals surface area (Å²) in [6.45, 7) is 0.545. The van der Waals surface area contributed by atoms with Crippen molar-refractivity contribution in [1.29, 1.82) is 0 Å². The van der Waals surface area contributed by atoms with Crippen LogP contribution in [0, 0.1) is 11.7 Å². The number of amides is 2. The highest BCUT2D eigenvalue weighted by atomic mass is 19.1. The van der Waals surface area contributed by atoms with Crippen LogP contribution in [0.3, 0.4) is 0 Å². The number of hydrogen-bond donors (Lipinski definition) is 1. The minimum absolute atomic E-state index is 0.0463. The molecule has 1 saturated heterocycles. The van der Waals surface area contributed by atoms with Crippen molar-refractivity contribution in [3.63, 3.8) is 0 Å². The van der Waals surface area contributed by atoms with Gasteiger partial charge in [0.15, 0.2) is 0 Å². The number of anilines is 1. The molecule has 5 rings (SSSR count). The maximum absolute atomic E-state index is 13.4. The molecule has 0 spiro atoms. The van der Waals surface area contributed by atoms with Crippen LogP contribution >= 0.6 is 0 Å². The fourth-order valence-corrected chi connectivity index (χ4v) is 4.89. The van der Waals surface area contributed by atoms with Crippen molar-refractivity contribution in [1.82, 2.24) is 4.90 Å². The van der Waals surface area contributed by atoms with Gasteiger partial charge >= 0.3 is 0 Å². The fourth-order valence-electron chi connectivity index (χ4n) is 4.89. The zero-order valence-electron chi connectivity index (χ0n) is 20.9. The number of carbonyl (C=O) groups is 2. The summed E-state index contributed by atoms with van der Waals surface area (Å²) in [6, 6.07) is 32.0. The van der Waals surface area contributed by atoms with E-state index in [1.807, 2.05) is 48.5 Å². The number of nitrogens with one attached hydrogen (secondary N) is 1. The van der Waals surface area contributed by atoms with E-state index in [4.69, 9.17) is 4.74 Å². The zero-order valence-corrected chi connectivity index (χ0v) is 20.9. The molecule has 6 heteroatoms. The molecule has 1 aliphatic heterocycles. The Morgan fingerprint density at radius 3 is 2.00 bits per heavy atom. The standard InChI is InChI=1S/C32H29FN2O3/c33-26-11-15-28(16-12-26)38-29-17-13-27(14-18-29)34-32(37)30-20-25(19-23-7-3-1-4-8-23)22-35(30)31(36)21-24-9-5-2-6-10-24/h1-18,25,30H,19-22H2,(H,34,37)/t25?,30-/m0/s1. The largest absolute Gasteiger partial charge is 0.457 e. The number of hydrogen-bond acceptors (Lipinski definition) is 3. The molecule has 1 heterocycles. The predicted molar refractivity (Wildman–Crippen MR) is 145 cm³/mol. The normalized spacial score (nSPS) is 16.7. The Bertz CT molecular complexity index is 1360. The van der Waals surface area contributed by atoms with Gasteiger partial charge in [0.2, 0.25) is 11.8 Å². The van der Waals surface area contributed by atoms with E-state index in [9.17, 15) is 14.0 Å². The molecule has 4 aromatic rings. The van der Waals surface area contributed by atoms with E-state index in [0.717, 1.165) is 12.0 Å². The van der Waals surface area contributed by atoms with E-state index in [-0.39, 0.29) is 30.0 Å². The topological polar surface area (TPSA) is 58.6 Å². The predicted octanol–water partition coefficient (Wildman–Crippen LogP) is 6.26. The highest BCUT2D eigenvalue weighted by molar-refractivity contribution is 5.97. The molecule has 0 bridgehead atoms. The smallest absolute Gasteiger partial charge is 0.247 e. The highest BCUT2D eigenvalue weighted by Crippen LogP contribution is 2.29. The Morgan fingerprint density at radius 2 is 1.37 bits per heavy atom. The van der Waals surface area contributed by atoms with E-state index in [1.54, 1.807) is 41.3 Å². The zero-order chi connectivity index (χ0) is 26.3. The van der Waals surface area contributed by atoms with Crippen molar-refractivity contribution < 1.29 is 18.7 Å². The lowest BCUT2D eigenvalue weighted by Crippen LogP contribution is -2.43. The van der Waals surface area contributed by atoms with E-state index in [1.165, 1.54) is 17.7 Å². The first kappa shape index (κ1) is 25.2. The van der Waals surface area contributed by atoms with Crippen LogP contribution in [0.15, 0.2) is 109 Å². The Hall–Kier alpha value is -4.45. The number of likely N-dealkylation sites (tertiary alicyclic amines) is 1. The van der Waals surface area contributed by atoms with E-state index in [2.05, 4.69) is 17.4 Å². The number of benzene rings is 4. The van der Waals surface area contributed by atoms with Gasteiger partial charge in [-0.25, -0.2) is 4.39 Å². The number of carbonyl (C=O) groups excluding carboxylic acids is 2. The Morgan fingerprint density at radius 1 is 0.789 bits per heavy atom. The van der Waals surface area contributed by atoms with Gasteiger partial charge in [-0.3, -0.25) is 9.59 Å². The molecule has 1 fully saturated rings. The van der Waals surface area contributed by atoms with Gasteiger partial charge in [-0.1, -0.05) is 60.7 Å². The minimum Gasteiger partial charge on any atom is -0.457 e. The van der Waals surface area contributed by atoms with Crippen LogP contribution in [0.4, 0.5) is 10.1 Å². The van der Waals surface area contributed by atoms with Crippen LogP contribution < -0.4 is 10.1 Å². The van der Waals surface area contributed by atoms with E-state index >= 15 is 0 Å². The second kappa shape index (κ2) is 11.7. The summed E-state index contributed by atoms with van der Waals surface area (Å²) in [4.78, 5) is 28.5. The molecule has 2 atom stereocenters. The molecule has 5 nitrogen and oxygen atoms in total. The van der Waals surface area contributed by atoms with Gasteiger partial charge in [-0.05, 0) is 78.4 Å². The summed E-state index contributed by atoms with van der Waals surface area (Å²) in [5, 5.41) is 2.98. The van der Waals surface area contributed by atoms with Crippen molar-refractivity contribution in [3.8, 4) is 11.5 Å². The summed E-state index contributed by atoms with van der Waals surface area (Å²) >= 11 is 0. The number of ether oxygens (including phenoxy) is 1. The van der Waals surface area contributed by atoms with Crippen LogP contribution in [0.5, 0.6) is 11.5 Å². The lowest BCUT2D eigenvalue weighted by atomic mass is 9.96. The van der Waals surface area contributed by atoms with Gasteiger partial charge in [-0.2, -0.15) is 0 Å². The molecule has 1 unspecified atom stereocenters. The van der Waals surface area contributed by atoms with Crippen molar-refractivity contribution in [2.24, 2.45) is 5.92 Å². The first-order chi connectivity index (χ1) is 18.5. The van der Waals surface area contributed by atoms with Crippen LogP contribution in [0.1, 0.15) is 17.5 Å². The molecule has 4 aromatic carbocycles. The number of halogens is 1. The highest BCUT2D eigenvalue weighted by Gasteiger charge is 2.39. The SMILES string of the molecule is O=C(Nc1ccc(Oc2ccc(F)cc2)cc1)[C@@H]1CC(Cc2ccccc2)CN1C(=O)Cc1ccccc1. The molecule has 2 amide bonds. The first-order valence-electron chi connectivity index (χ1n) is 12.7. The van der Waals surface area contributed by atoms with Gasteiger partial charge in [-0.15, -0.1) is 0 Å². The lowest BCUT2D eigenvalue weighted by Gasteiger charge is -2.24.